The molecule has 1 rings (SSSR count). The summed E-state index contributed by atoms with van der Waals surface area (Å²) in [6.45, 7) is 6.28. The fourth-order valence-electron chi connectivity index (χ4n) is 1.57. The Hall–Kier alpha value is -1.62. The van der Waals surface area contributed by atoms with Crippen molar-refractivity contribution in [3.8, 4) is 0 Å². The molecule has 20 heavy (non-hydrogen) atoms. The molecule has 0 saturated heterocycles. The first-order valence-electron chi connectivity index (χ1n) is 6.92. The number of ether oxygens (including phenoxy) is 1. The zero-order valence-electron chi connectivity index (χ0n) is 12.1. The Morgan fingerprint density at radius 3 is 2.75 bits per heavy atom. The Labute approximate surface area is 119 Å². The number of carbonyl (C=O) groups excluding carboxylic acids is 1. The monoisotopic (exact) mass is 282 g/mol. The number of rotatable bonds is 8. The first-order chi connectivity index (χ1) is 9.59. The molecular formula is C15H23FN2O2. The smallest absolute Gasteiger partial charge is 0.315 e. The summed E-state index contributed by atoms with van der Waals surface area (Å²) in [5.74, 6) is 0.210. The second-order valence-corrected chi connectivity index (χ2v) is 5.02. The lowest BCUT2D eigenvalue weighted by Crippen LogP contribution is -2.36. The number of carbonyl (C=O) groups is 1. The van der Waals surface area contributed by atoms with Gasteiger partial charge in [0.15, 0.2) is 0 Å². The molecule has 0 saturated carbocycles. The molecule has 1 aromatic rings. The highest BCUT2D eigenvalue weighted by molar-refractivity contribution is 5.73. The van der Waals surface area contributed by atoms with Crippen LogP contribution in [0.3, 0.4) is 0 Å². The zero-order valence-corrected chi connectivity index (χ0v) is 12.1. The van der Waals surface area contributed by atoms with Gasteiger partial charge in [0, 0.05) is 31.9 Å². The van der Waals surface area contributed by atoms with Crippen LogP contribution < -0.4 is 10.6 Å². The van der Waals surface area contributed by atoms with E-state index in [1.54, 1.807) is 18.2 Å². The molecule has 0 aliphatic carbocycles. The normalized spacial score (nSPS) is 10.6. The number of amides is 2. The lowest BCUT2D eigenvalue weighted by molar-refractivity contribution is 0.108. The maximum Gasteiger partial charge on any atom is 0.315 e. The molecule has 0 aliphatic rings. The van der Waals surface area contributed by atoms with Crippen molar-refractivity contribution < 1.29 is 13.9 Å². The Morgan fingerprint density at radius 1 is 1.30 bits per heavy atom. The quantitative estimate of drug-likeness (QED) is 0.720. The molecular weight excluding hydrogens is 259 g/mol. The van der Waals surface area contributed by atoms with Gasteiger partial charge in [0.2, 0.25) is 0 Å². The second kappa shape index (κ2) is 9.31. The number of urea groups is 1. The first-order valence-corrected chi connectivity index (χ1v) is 6.92. The lowest BCUT2D eigenvalue weighted by Gasteiger charge is -2.09. The Kier molecular flexibility index (Phi) is 7.65. The molecule has 2 N–H and O–H groups in total. The van der Waals surface area contributed by atoms with Gasteiger partial charge in [0.1, 0.15) is 5.82 Å². The van der Waals surface area contributed by atoms with E-state index in [-0.39, 0.29) is 18.4 Å². The van der Waals surface area contributed by atoms with Crippen molar-refractivity contribution in [1.29, 1.82) is 0 Å². The van der Waals surface area contributed by atoms with E-state index in [4.69, 9.17) is 4.74 Å². The number of hydrogen-bond acceptors (Lipinski definition) is 2. The summed E-state index contributed by atoms with van der Waals surface area (Å²) in [7, 11) is 0. The van der Waals surface area contributed by atoms with Crippen LogP contribution in [0, 0.1) is 11.7 Å². The molecule has 0 fully saturated rings. The molecule has 0 aliphatic heterocycles. The van der Waals surface area contributed by atoms with E-state index < -0.39 is 0 Å². The first kappa shape index (κ1) is 16.4. The van der Waals surface area contributed by atoms with Gasteiger partial charge in [-0.2, -0.15) is 0 Å². The van der Waals surface area contributed by atoms with Gasteiger partial charge in [-0.05, 0) is 18.4 Å². The topological polar surface area (TPSA) is 50.4 Å². The zero-order chi connectivity index (χ0) is 14.8. The molecule has 0 unspecified atom stereocenters. The average Bonchev–Trinajstić information content (AvgIpc) is 2.41. The fraction of sp³-hybridized carbons (Fsp3) is 0.533. The molecule has 4 nitrogen and oxygen atoms in total. The van der Waals surface area contributed by atoms with Gasteiger partial charge in [0.25, 0.3) is 0 Å². The van der Waals surface area contributed by atoms with Gasteiger partial charge < -0.3 is 15.4 Å². The van der Waals surface area contributed by atoms with Crippen molar-refractivity contribution >= 4 is 6.03 Å². The van der Waals surface area contributed by atoms with Gasteiger partial charge in [-0.1, -0.05) is 32.0 Å². The van der Waals surface area contributed by atoms with Crippen LogP contribution in [0.2, 0.25) is 0 Å². The highest BCUT2D eigenvalue weighted by Crippen LogP contribution is 2.05. The number of halogens is 1. The summed E-state index contributed by atoms with van der Waals surface area (Å²) in [6.07, 6.45) is 0.764. The van der Waals surface area contributed by atoms with Gasteiger partial charge in [-0.25, -0.2) is 9.18 Å². The number of nitrogens with one attached hydrogen (secondary N) is 2. The highest BCUT2D eigenvalue weighted by Gasteiger charge is 2.03. The summed E-state index contributed by atoms with van der Waals surface area (Å²) in [5, 5.41) is 5.33. The van der Waals surface area contributed by atoms with Crippen LogP contribution in [0.15, 0.2) is 24.3 Å². The molecule has 0 atom stereocenters. The molecule has 0 radical (unpaired) electrons. The van der Waals surface area contributed by atoms with E-state index in [2.05, 4.69) is 24.5 Å². The second-order valence-electron chi connectivity index (χ2n) is 5.02. The van der Waals surface area contributed by atoms with Gasteiger partial charge in [-0.3, -0.25) is 0 Å². The molecule has 5 heteroatoms. The average molecular weight is 282 g/mol. The standard InChI is InChI=1S/C15H23FN2O2/c1-12(2)11-20-9-5-8-17-15(19)18-10-13-6-3-4-7-14(13)16/h3-4,6-7,12H,5,8-11H2,1-2H3,(H2,17,18,19). The molecule has 112 valence electrons. The van der Waals surface area contributed by atoms with E-state index in [0.29, 0.717) is 24.6 Å². The van der Waals surface area contributed by atoms with Crippen LogP contribution in [0.1, 0.15) is 25.8 Å². The maximum atomic E-state index is 13.3. The van der Waals surface area contributed by atoms with Gasteiger partial charge in [-0.15, -0.1) is 0 Å². The SMILES string of the molecule is CC(C)COCCCNC(=O)NCc1ccccc1F. The van der Waals surface area contributed by atoms with Crippen LogP contribution in [0.25, 0.3) is 0 Å². The van der Waals surface area contributed by atoms with E-state index in [1.807, 2.05) is 0 Å². The van der Waals surface area contributed by atoms with Crippen LogP contribution in [0.4, 0.5) is 9.18 Å². The predicted molar refractivity (Wildman–Crippen MR) is 76.9 cm³/mol. The largest absolute Gasteiger partial charge is 0.381 e. The summed E-state index contributed by atoms with van der Waals surface area (Å²) < 4.78 is 18.7. The number of hydrogen-bond donors (Lipinski definition) is 2. The highest BCUT2D eigenvalue weighted by atomic mass is 19.1. The van der Waals surface area contributed by atoms with Crippen LogP contribution in [-0.4, -0.2) is 25.8 Å². The van der Waals surface area contributed by atoms with Crippen molar-refractivity contribution in [1.82, 2.24) is 10.6 Å². The predicted octanol–water partition coefficient (Wildman–Crippen LogP) is 2.69. The third-order valence-electron chi connectivity index (χ3n) is 2.60. The maximum absolute atomic E-state index is 13.3. The lowest BCUT2D eigenvalue weighted by atomic mass is 10.2. The van der Waals surface area contributed by atoms with Gasteiger partial charge in [0.05, 0.1) is 0 Å². The minimum atomic E-state index is -0.310. The molecule has 0 heterocycles. The third-order valence-corrected chi connectivity index (χ3v) is 2.60. The van der Waals surface area contributed by atoms with Crippen molar-refractivity contribution in [2.24, 2.45) is 5.92 Å². The molecule has 0 bridgehead atoms. The van der Waals surface area contributed by atoms with E-state index >= 15 is 0 Å². The number of benzene rings is 1. The summed E-state index contributed by atoms with van der Waals surface area (Å²) in [4.78, 5) is 11.5. The fourth-order valence-corrected chi connectivity index (χ4v) is 1.57. The Morgan fingerprint density at radius 2 is 2.05 bits per heavy atom. The molecule has 1 aromatic carbocycles. The minimum absolute atomic E-state index is 0.183. The summed E-state index contributed by atoms with van der Waals surface area (Å²) in [6, 6.07) is 6.09. The Balaban J connectivity index is 2.08. The molecule has 0 aromatic heterocycles. The van der Waals surface area contributed by atoms with Crippen molar-refractivity contribution in [2.75, 3.05) is 19.8 Å². The van der Waals surface area contributed by atoms with Crippen molar-refractivity contribution in [3.63, 3.8) is 0 Å². The van der Waals surface area contributed by atoms with Crippen molar-refractivity contribution in [2.45, 2.75) is 26.8 Å². The van der Waals surface area contributed by atoms with Crippen LogP contribution >= 0.6 is 0 Å². The van der Waals surface area contributed by atoms with Crippen LogP contribution in [0.5, 0.6) is 0 Å². The molecule has 0 spiro atoms. The Bertz CT molecular complexity index is 411. The summed E-state index contributed by atoms with van der Waals surface area (Å²) in [5.41, 5.74) is 0.475. The van der Waals surface area contributed by atoms with E-state index in [1.165, 1.54) is 6.07 Å². The van der Waals surface area contributed by atoms with Gasteiger partial charge >= 0.3 is 6.03 Å². The minimum Gasteiger partial charge on any atom is -0.381 e. The summed E-state index contributed by atoms with van der Waals surface area (Å²) >= 11 is 0. The van der Waals surface area contributed by atoms with Crippen LogP contribution in [-0.2, 0) is 11.3 Å². The van der Waals surface area contributed by atoms with E-state index in [0.717, 1.165) is 13.0 Å². The molecule has 2 amide bonds. The van der Waals surface area contributed by atoms with E-state index in [9.17, 15) is 9.18 Å². The third kappa shape index (κ3) is 7.09. The van der Waals surface area contributed by atoms with Crippen molar-refractivity contribution in [3.05, 3.63) is 35.6 Å².